The van der Waals surface area contributed by atoms with Crippen molar-refractivity contribution in [1.82, 2.24) is 15.5 Å². The number of halogens is 2. The van der Waals surface area contributed by atoms with Crippen molar-refractivity contribution in [2.45, 2.75) is 39.2 Å². The molecular formula is C11H19F2N3OS. The van der Waals surface area contributed by atoms with Gasteiger partial charge in [0.05, 0.1) is 12.6 Å². The molecule has 0 radical (unpaired) electrons. The molecule has 1 aromatic rings. The molecular weight excluding hydrogens is 260 g/mol. The van der Waals surface area contributed by atoms with Crippen LogP contribution in [0.1, 0.15) is 36.3 Å². The van der Waals surface area contributed by atoms with Gasteiger partial charge in [0.2, 0.25) is 0 Å². The third-order valence-electron chi connectivity index (χ3n) is 2.26. The Bertz CT molecular complexity index is 336. The molecule has 0 saturated carbocycles. The second kappa shape index (κ2) is 8.44. The zero-order chi connectivity index (χ0) is 13.4. The molecule has 0 amide bonds. The van der Waals surface area contributed by atoms with E-state index in [0.717, 1.165) is 23.0 Å². The van der Waals surface area contributed by atoms with Crippen LogP contribution in [0.5, 0.6) is 0 Å². The van der Waals surface area contributed by atoms with Gasteiger partial charge in [-0.05, 0) is 19.9 Å². The third kappa shape index (κ3) is 5.79. The Hall–Kier alpha value is -0.660. The van der Waals surface area contributed by atoms with Crippen LogP contribution in [0.3, 0.4) is 0 Å². The number of hydrogen-bond acceptors (Lipinski definition) is 5. The molecule has 0 aliphatic rings. The van der Waals surface area contributed by atoms with E-state index < -0.39 is 13.0 Å². The Labute approximate surface area is 110 Å². The van der Waals surface area contributed by atoms with Gasteiger partial charge in [0.1, 0.15) is 16.6 Å². The van der Waals surface area contributed by atoms with Crippen LogP contribution in [0.2, 0.25) is 0 Å². The lowest BCUT2D eigenvalue weighted by atomic mass is 10.3. The van der Waals surface area contributed by atoms with E-state index in [9.17, 15) is 8.78 Å². The maximum absolute atomic E-state index is 11.8. The predicted octanol–water partition coefficient (Wildman–Crippen LogP) is 2.42. The van der Waals surface area contributed by atoms with E-state index in [-0.39, 0.29) is 12.6 Å². The second-order valence-electron chi connectivity index (χ2n) is 3.93. The zero-order valence-corrected chi connectivity index (χ0v) is 11.5. The van der Waals surface area contributed by atoms with Crippen LogP contribution in [0.25, 0.3) is 0 Å². The van der Waals surface area contributed by atoms with Gasteiger partial charge in [-0.25, -0.2) is 8.78 Å². The fourth-order valence-electron chi connectivity index (χ4n) is 1.32. The summed E-state index contributed by atoms with van der Waals surface area (Å²) < 4.78 is 28.5. The van der Waals surface area contributed by atoms with E-state index in [0.29, 0.717) is 6.42 Å². The summed E-state index contributed by atoms with van der Waals surface area (Å²) in [7, 11) is 0. The molecule has 0 saturated heterocycles. The van der Waals surface area contributed by atoms with Crippen molar-refractivity contribution < 1.29 is 13.5 Å². The molecule has 18 heavy (non-hydrogen) atoms. The first-order valence-corrected chi connectivity index (χ1v) is 6.86. The molecule has 1 unspecified atom stereocenters. The zero-order valence-electron chi connectivity index (χ0n) is 10.7. The SMILES string of the molecule is CCCNC(C)c1nnc(CCOCC(F)F)s1. The molecule has 1 aromatic heterocycles. The predicted molar refractivity (Wildman–Crippen MR) is 67.1 cm³/mol. The number of alkyl halides is 2. The van der Waals surface area contributed by atoms with Crippen molar-refractivity contribution in [3.05, 3.63) is 10.0 Å². The molecule has 0 aliphatic carbocycles. The van der Waals surface area contributed by atoms with Crippen LogP contribution >= 0.6 is 11.3 Å². The molecule has 7 heteroatoms. The fraction of sp³-hybridized carbons (Fsp3) is 0.818. The Morgan fingerprint density at radius 1 is 1.39 bits per heavy atom. The topological polar surface area (TPSA) is 47.0 Å². The minimum atomic E-state index is -2.41. The summed E-state index contributed by atoms with van der Waals surface area (Å²) in [6.07, 6.45) is -0.809. The highest BCUT2D eigenvalue weighted by Gasteiger charge is 2.11. The van der Waals surface area contributed by atoms with E-state index in [1.54, 1.807) is 0 Å². The molecule has 0 bridgehead atoms. The molecule has 1 rings (SSSR count). The number of nitrogens with zero attached hydrogens (tertiary/aromatic N) is 2. The van der Waals surface area contributed by atoms with Crippen LogP contribution in [-0.2, 0) is 11.2 Å². The van der Waals surface area contributed by atoms with E-state index in [1.165, 1.54) is 11.3 Å². The summed E-state index contributed by atoms with van der Waals surface area (Å²) in [4.78, 5) is 0. The summed E-state index contributed by atoms with van der Waals surface area (Å²) >= 11 is 1.50. The van der Waals surface area contributed by atoms with Gasteiger partial charge in [-0.1, -0.05) is 18.3 Å². The third-order valence-corrected chi connectivity index (χ3v) is 3.42. The summed E-state index contributed by atoms with van der Waals surface area (Å²) in [5, 5.41) is 13.2. The Kier molecular flexibility index (Phi) is 7.22. The Morgan fingerprint density at radius 3 is 2.83 bits per heavy atom. The van der Waals surface area contributed by atoms with Crippen LogP contribution in [-0.4, -0.2) is 36.4 Å². The van der Waals surface area contributed by atoms with Crippen molar-refractivity contribution in [3.8, 4) is 0 Å². The van der Waals surface area contributed by atoms with Gasteiger partial charge in [-0.15, -0.1) is 10.2 Å². The number of ether oxygens (including phenoxy) is 1. The van der Waals surface area contributed by atoms with Crippen molar-refractivity contribution in [2.75, 3.05) is 19.8 Å². The highest BCUT2D eigenvalue weighted by Crippen LogP contribution is 2.18. The number of rotatable bonds is 9. The first-order valence-electron chi connectivity index (χ1n) is 6.05. The highest BCUT2D eigenvalue weighted by atomic mass is 32.1. The molecule has 0 fully saturated rings. The van der Waals surface area contributed by atoms with Gasteiger partial charge in [0, 0.05) is 6.42 Å². The van der Waals surface area contributed by atoms with Gasteiger partial charge in [-0.3, -0.25) is 0 Å². The van der Waals surface area contributed by atoms with Gasteiger partial charge in [0.15, 0.2) is 0 Å². The average molecular weight is 279 g/mol. The standard InChI is InChI=1S/C11H19F2N3OS/c1-3-5-14-8(2)11-16-15-10(18-11)4-6-17-7-9(12)13/h8-9,14H,3-7H2,1-2H3. The fourth-order valence-corrected chi connectivity index (χ4v) is 2.17. The first-order chi connectivity index (χ1) is 8.63. The normalized spacial score (nSPS) is 13.2. The Morgan fingerprint density at radius 2 is 2.17 bits per heavy atom. The van der Waals surface area contributed by atoms with Gasteiger partial charge in [0.25, 0.3) is 6.43 Å². The molecule has 4 nitrogen and oxygen atoms in total. The van der Waals surface area contributed by atoms with Crippen molar-refractivity contribution in [1.29, 1.82) is 0 Å². The van der Waals surface area contributed by atoms with Crippen molar-refractivity contribution in [2.24, 2.45) is 0 Å². The maximum Gasteiger partial charge on any atom is 0.261 e. The number of hydrogen-bond donors (Lipinski definition) is 1. The van der Waals surface area contributed by atoms with Gasteiger partial charge in [-0.2, -0.15) is 0 Å². The van der Waals surface area contributed by atoms with E-state index in [4.69, 9.17) is 4.74 Å². The lowest BCUT2D eigenvalue weighted by molar-refractivity contribution is 0.0186. The molecule has 1 heterocycles. The van der Waals surface area contributed by atoms with Crippen molar-refractivity contribution in [3.63, 3.8) is 0 Å². The number of aromatic nitrogens is 2. The molecule has 0 aliphatic heterocycles. The summed E-state index contributed by atoms with van der Waals surface area (Å²) in [5.74, 6) is 0. The molecule has 104 valence electrons. The second-order valence-corrected chi connectivity index (χ2v) is 5.02. The minimum absolute atomic E-state index is 0.179. The highest BCUT2D eigenvalue weighted by molar-refractivity contribution is 7.11. The van der Waals surface area contributed by atoms with Crippen molar-refractivity contribution >= 4 is 11.3 Å². The van der Waals surface area contributed by atoms with Gasteiger partial charge >= 0.3 is 0 Å². The largest absolute Gasteiger partial charge is 0.375 e. The molecule has 1 atom stereocenters. The lowest BCUT2D eigenvalue weighted by Crippen LogP contribution is -2.19. The molecule has 0 aromatic carbocycles. The first kappa shape index (κ1) is 15.4. The smallest absolute Gasteiger partial charge is 0.261 e. The molecule has 0 spiro atoms. The molecule has 1 N–H and O–H groups in total. The summed E-state index contributed by atoms with van der Waals surface area (Å²) in [6, 6.07) is 0.179. The lowest BCUT2D eigenvalue weighted by Gasteiger charge is -2.08. The van der Waals surface area contributed by atoms with E-state index in [2.05, 4.69) is 22.4 Å². The Balaban J connectivity index is 2.29. The minimum Gasteiger partial charge on any atom is -0.375 e. The van der Waals surface area contributed by atoms with Crippen LogP contribution in [0.15, 0.2) is 0 Å². The van der Waals surface area contributed by atoms with E-state index in [1.807, 2.05) is 6.92 Å². The quantitative estimate of drug-likeness (QED) is 0.705. The van der Waals surface area contributed by atoms with E-state index >= 15 is 0 Å². The van der Waals surface area contributed by atoms with Gasteiger partial charge < -0.3 is 10.1 Å². The average Bonchev–Trinajstić information content (AvgIpc) is 2.80. The summed E-state index contributed by atoms with van der Waals surface area (Å²) in [5.41, 5.74) is 0. The van der Waals surface area contributed by atoms with Crippen LogP contribution < -0.4 is 5.32 Å². The summed E-state index contributed by atoms with van der Waals surface area (Å²) in [6.45, 7) is 4.82. The maximum atomic E-state index is 11.8. The van der Waals surface area contributed by atoms with Crippen LogP contribution in [0.4, 0.5) is 8.78 Å². The van der Waals surface area contributed by atoms with Crippen LogP contribution in [0, 0.1) is 0 Å². The monoisotopic (exact) mass is 279 g/mol. The number of nitrogens with one attached hydrogen (secondary N) is 1.